The van der Waals surface area contributed by atoms with Gasteiger partial charge in [0, 0.05) is 5.69 Å². The number of anilines is 1. The van der Waals surface area contributed by atoms with E-state index in [9.17, 15) is 22.8 Å². The van der Waals surface area contributed by atoms with E-state index >= 15 is 0 Å². The van der Waals surface area contributed by atoms with Crippen molar-refractivity contribution in [1.82, 2.24) is 24.5 Å². The van der Waals surface area contributed by atoms with Gasteiger partial charge in [0.15, 0.2) is 11.2 Å². The number of rotatable bonds is 5. The van der Waals surface area contributed by atoms with Crippen LogP contribution in [0.4, 0.5) is 18.9 Å². The molecule has 2 heterocycles. The van der Waals surface area contributed by atoms with Gasteiger partial charge in [-0.05, 0) is 35.9 Å². The van der Waals surface area contributed by atoms with Crippen molar-refractivity contribution >= 4 is 22.8 Å². The quantitative estimate of drug-likeness (QED) is 0.496. The van der Waals surface area contributed by atoms with Gasteiger partial charge in [-0.2, -0.15) is 18.4 Å². The van der Waals surface area contributed by atoms with Crippen molar-refractivity contribution in [2.24, 2.45) is 0 Å². The van der Waals surface area contributed by atoms with Crippen molar-refractivity contribution in [3.63, 3.8) is 0 Å². The molecule has 1 amide bonds. The van der Waals surface area contributed by atoms with Crippen molar-refractivity contribution < 1.29 is 18.0 Å². The largest absolute Gasteiger partial charge is 0.416 e. The number of carbonyl (C=O) groups excluding carboxylic acids is 1. The molecular formula is C21H14F3N7O2. The maximum Gasteiger partial charge on any atom is 0.416 e. The zero-order valence-electron chi connectivity index (χ0n) is 16.7. The molecule has 4 rings (SSSR count). The summed E-state index contributed by atoms with van der Waals surface area (Å²) in [4.78, 5) is 29.1. The van der Waals surface area contributed by atoms with Crippen LogP contribution in [0.2, 0.25) is 0 Å². The number of aromatic nitrogens is 5. The Hall–Kier alpha value is -4.53. The highest BCUT2D eigenvalue weighted by atomic mass is 19.4. The third kappa shape index (κ3) is 4.72. The number of alkyl halides is 3. The lowest BCUT2D eigenvalue weighted by molar-refractivity contribution is -0.137. The Bertz CT molecular complexity index is 1450. The lowest BCUT2D eigenvalue weighted by atomic mass is 10.1. The first-order chi connectivity index (χ1) is 15.7. The van der Waals surface area contributed by atoms with Crippen molar-refractivity contribution in [3.05, 3.63) is 81.9 Å². The highest BCUT2D eigenvalue weighted by molar-refractivity contribution is 5.90. The maximum atomic E-state index is 12.9. The zero-order chi connectivity index (χ0) is 23.6. The number of nitrogens with zero attached hydrogens (tertiary/aromatic N) is 6. The summed E-state index contributed by atoms with van der Waals surface area (Å²) in [5, 5.41) is 19.1. The standard InChI is InChI=1S/C21H14F3N7O2/c22-21(23,24)15-5-1-4-14(7-15)10-31-19-18(28-29-31)20(33)30(12-26-19)11-17(32)27-16-6-2-3-13(8-16)9-25/h1-8,12H,10-11H2,(H,27,32). The molecule has 0 unspecified atom stereocenters. The predicted molar refractivity (Wildman–Crippen MR) is 110 cm³/mol. The van der Waals surface area contributed by atoms with E-state index < -0.39 is 23.2 Å². The minimum Gasteiger partial charge on any atom is -0.324 e. The second-order valence-corrected chi connectivity index (χ2v) is 7.04. The summed E-state index contributed by atoms with van der Waals surface area (Å²) >= 11 is 0. The van der Waals surface area contributed by atoms with Crippen molar-refractivity contribution in [3.8, 4) is 6.07 Å². The number of nitrogens with one attached hydrogen (secondary N) is 1. The highest BCUT2D eigenvalue weighted by Crippen LogP contribution is 2.29. The Morgan fingerprint density at radius 1 is 1.15 bits per heavy atom. The Morgan fingerprint density at radius 2 is 1.94 bits per heavy atom. The number of benzene rings is 2. The van der Waals surface area contributed by atoms with Crippen LogP contribution >= 0.6 is 0 Å². The number of amides is 1. The molecule has 0 aliphatic rings. The van der Waals surface area contributed by atoms with E-state index in [1.54, 1.807) is 18.2 Å². The van der Waals surface area contributed by atoms with E-state index in [0.717, 1.165) is 23.0 Å². The summed E-state index contributed by atoms with van der Waals surface area (Å²) in [7, 11) is 0. The molecule has 0 atom stereocenters. The van der Waals surface area contributed by atoms with Crippen LogP contribution in [0, 0.1) is 11.3 Å². The van der Waals surface area contributed by atoms with E-state index in [1.807, 2.05) is 6.07 Å². The Labute approximate surface area is 183 Å². The Balaban J connectivity index is 1.54. The number of halogens is 3. The van der Waals surface area contributed by atoms with E-state index in [2.05, 4.69) is 20.6 Å². The molecular weight excluding hydrogens is 439 g/mol. The number of hydrogen-bond donors (Lipinski definition) is 1. The molecule has 0 fully saturated rings. The molecule has 0 aliphatic heterocycles. The van der Waals surface area contributed by atoms with Crippen LogP contribution in [0.1, 0.15) is 16.7 Å². The molecule has 2 aromatic carbocycles. The van der Waals surface area contributed by atoms with Crippen molar-refractivity contribution in [2.75, 3.05) is 5.32 Å². The molecule has 12 heteroatoms. The first-order valence-corrected chi connectivity index (χ1v) is 9.49. The van der Waals surface area contributed by atoms with Crippen molar-refractivity contribution in [2.45, 2.75) is 19.3 Å². The van der Waals surface area contributed by atoms with E-state index in [-0.39, 0.29) is 24.3 Å². The van der Waals surface area contributed by atoms with E-state index in [1.165, 1.54) is 22.9 Å². The minimum atomic E-state index is -4.48. The fraction of sp³-hybridized carbons (Fsp3) is 0.143. The molecule has 2 aromatic heterocycles. The van der Waals surface area contributed by atoms with Gasteiger partial charge in [0.1, 0.15) is 12.9 Å². The fourth-order valence-corrected chi connectivity index (χ4v) is 3.15. The van der Waals surface area contributed by atoms with Gasteiger partial charge < -0.3 is 5.32 Å². The summed E-state index contributed by atoms with van der Waals surface area (Å²) in [5.41, 5.74) is -0.401. The van der Waals surface area contributed by atoms with Crippen LogP contribution in [0.5, 0.6) is 0 Å². The summed E-state index contributed by atoms with van der Waals surface area (Å²) < 4.78 is 41.1. The number of hydrogen-bond acceptors (Lipinski definition) is 6. The van der Waals surface area contributed by atoms with Crippen LogP contribution in [0.15, 0.2) is 59.7 Å². The number of carbonyl (C=O) groups is 1. The Kier molecular flexibility index (Phi) is 5.61. The van der Waals surface area contributed by atoms with Crippen molar-refractivity contribution in [1.29, 1.82) is 5.26 Å². The van der Waals surface area contributed by atoms with Crippen LogP contribution in [-0.2, 0) is 24.1 Å². The first-order valence-electron chi connectivity index (χ1n) is 9.49. The molecule has 0 radical (unpaired) electrons. The monoisotopic (exact) mass is 453 g/mol. The van der Waals surface area contributed by atoms with Gasteiger partial charge in [0.2, 0.25) is 5.91 Å². The predicted octanol–water partition coefficient (Wildman–Crippen LogP) is 2.57. The molecule has 0 saturated heterocycles. The number of nitriles is 1. The average Bonchev–Trinajstić information content (AvgIpc) is 3.19. The SMILES string of the molecule is N#Cc1cccc(NC(=O)Cn2cnc3c(nnn3Cc3cccc(C(F)(F)F)c3)c2=O)c1. The lowest BCUT2D eigenvalue weighted by Crippen LogP contribution is -2.28. The van der Waals surface area contributed by atoms with Crippen LogP contribution in [0.3, 0.4) is 0 Å². The third-order valence-corrected chi connectivity index (χ3v) is 4.67. The molecule has 9 nitrogen and oxygen atoms in total. The lowest BCUT2D eigenvalue weighted by Gasteiger charge is -2.09. The summed E-state index contributed by atoms with van der Waals surface area (Å²) in [6.45, 7) is -0.439. The summed E-state index contributed by atoms with van der Waals surface area (Å²) in [6, 6.07) is 13.0. The van der Waals surface area contributed by atoms with E-state index in [0.29, 0.717) is 16.8 Å². The molecule has 0 bridgehead atoms. The second kappa shape index (κ2) is 8.54. The molecule has 0 saturated carbocycles. The molecule has 0 spiro atoms. The van der Waals surface area contributed by atoms with Gasteiger partial charge in [0.05, 0.1) is 23.7 Å². The molecule has 4 aromatic rings. The van der Waals surface area contributed by atoms with Gasteiger partial charge in [-0.3, -0.25) is 14.2 Å². The zero-order valence-corrected chi connectivity index (χ0v) is 16.7. The summed E-state index contributed by atoms with van der Waals surface area (Å²) in [6.07, 6.45) is -3.34. The van der Waals surface area contributed by atoms with Crippen LogP contribution in [-0.4, -0.2) is 30.5 Å². The van der Waals surface area contributed by atoms with Gasteiger partial charge in [-0.1, -0.05) is 23.4 Å². The normalized spacial score (nSPS) is 11.3. The maximum absolute atomic E-state index is 12.9. The van der Waals surface area contributed by atoms with Crippen LogP contribution < -0.4 is 10.9 Å². The highest BCUT2D eigenvalue weighted by Gasteiger charge is 2.30. The Morgan fingerprint density at radius 3 is 2.70 bits per heavy atom. The van der Waals surface area contributed by atoms with E-state index in [4.69, 9.17) is 5.26 Å². The molecule has 1 N–H and O–H groups in total. The van der Waals surface area contributed by atoms with Gasteiger partial charge in [-0.25, -0.2) is 9.67 Å². The number of fused-ring (bicyclic) bond motifs is 1. The average molecular weight is 453 g/mol. The minimum absolute atomic E-state index is 0.0768. The third-order valence-electron chi connectivity index (χ3n) is 4.67. The smallest absolute Gasteiger partial charge is 0.324 e. The van der Waals surface area contributed by atoms with Gasteiger partial charge in [0.25, 0.3) is 5.56 Å². The first kappa shape index (κ1) is 21.7. The second-order valence-electron chi connectivity index (χ2n) is 7.04. The summed E-state index contributed by atoms with van der Waals surface area (Å²) in [5.74, 6) is -0.523. The van der Waals surface area contributed by atoms with Gasteiger partial charge in [-0.15, -0.1) is 5.10 Å². The molecule has 166 valence electrons. The fourth-order valence-electron chi connectivity index (χ4n) is 3.15. The molecule has 0 aliphatic carbocycles. The molecule has 33 heavy (non-hydrogen) atoms. The topological polar surface area (TPSA) is 118 Å². The van der Waals surface area contributed by atoms with Gasteiger partial charge >= 0.3 is 6.18 Å². The van der Waals surface area contributed by atoms with Crippen LogP contribution in [0.25, 0.3) is 11.2 Å².